The molecule has 0 aromatic heterocycles. The summed E-state index contributed by atoms with van der Waals surface area (Å²) in [5.74, 6) is 0.833. The maximum atomic E-state index is 8.98. The summed E-state index contributed by atoms with van der Waals surface area (Å²) in [6, 6.07) is 17.7. The molecular formula is C16H15NO. The summed E-state index contributed by atoms with van der Waals surface area (Å²) < 4.78 is 5.68. The summed E-state index contributed by atoms with van der Waals surface area (Å²) in [4.78, 5) is 0. The predicted octanol–water partition coefficient (Wildman–Crippen LogP) is 3.70. The van der Waals surface area contributed by atoms with Gasteiger partial charge in [0.05, 0.1) is 11.6 Å². The number of hydrogen-bond acceptors (Lipinski definition) is 2. The molecule has 0 amide bonds. The minimum atomic E-state index is 0.426. The van der Waals surface area contributed by atoms with E-state index in [2.05, 4.69) is 25.1 Å². The van der Waals surface area contributed by atoms with Crippen LogP contribution in [0.1, 0.15) is 23.6 Å². The zero-order valence-electron chi connectivity index (χ0n) is 10.4. The van der Waals surface area contributed by atoms with E-state index >= 15 is 0 Å². The average molecular weight is 237 g/mol. The molecule has 2 aromatic carbocycles. The molecule has 0 aliphatic carbocycles. The Labute approximate surface area is 107 Å². The van der Waals surface area contributed by atoms with Crippen LogP contribution in [0.5, 0.6) is 5.75 Å². The van der Waals surface area contributed by atoms with Gasteiger partial charge in [0.1, 0.15) is 12.4 Å². The van der Waals surface area contributed by atoms with E-state index < -0.39 is 0 Å². The van der Waals surface area contributed by atoms with E-state index in [1.165, 1.54) is 5.56 Å². The Bertz CT molecular complexity index is 552. The van der Waals surface area contributed by atoms with Crippen LogP contribution in [-0.2, 0) is 13.0 Å². The van der Waals surface area contributed by atoms with Crippen molar-refractivity contribution in [3.63, 3.8) is 0 Å². The molecule has 2 nitrogen and oxygen atoms in total. The standard InChI is InChI=1S/C16H15NO/c1-2-13-7-9-16(10-8-13)18-12-15-6-4-3-5-14(15)11-17/h3-10H,2,12H2,1H3. The van der Waals surface area contributed by atoms with Crippen molar-refractivity contribution < 1.29 is 4.74 Å². The molecule has 0 N–H and O–H groups in total. The number of hydrogen-bond donors (Lipinski definition) is 0. The molecule has 0 aliphatic heterocycles. The molecule has 0 unspecified atom stereocenters. The van der Waals surface area contributed by atoms with Gasteiger partial charge in [-0.25, -0.2) is 0 Å². The van der Waals surface area contributed by atoms with E-state index in [0.29, 0.717) is 12.2 Å². The maximum absolute atomic E-state index is 8.98. The lowest BCUT2D eigenvalue weighted by Crippen LogP contribution is -1.98. The first kappa shape index (κ1) is 12.2. The Balaban J connectivity index is 2.05. The van der Waals surface area contributed by atoms with Crippen molar-refractivity contribution in [2.45, 2.75) is 20.0 Å². The Morgan fingerprint density at radius 3 is 2.44 bits per heavy atom. The number of nitriles is 1. The highest BCUT2D eigenvalue weighted by Crippen LogP contribution is 2.16. The Morgan fingerprint density at radius 1 is 1.06 bits per heavy atom. The highest BCUT2D eigenvalue weighted by atomic mass is 16.5. The molecule has 0 fully saturated rings. The van der Waals surface area contributed by atoms with E-state index in [4.69, 9.17) is 10.00 Å². The maximum Gasteiger partial charge on any atom is 0.119 e. The molecule has 0 bridgehead atoms. The Kier molecular flexibility index (Phi) is 3.98. The molecular weight excluding hydrogens is 222 g/mol. The van der Waals surface area contributed by atoms with Crippen LogP contribution in [0.2, 0.25) is 0 Å². The van der Waals surface area contributed by atoms with Crippen LogP contribution in [0.25, 0.3) is 0 Å². The zero-order chi connectivity index (χ0) is 12.8. The normalized spacial score (nSPS) is 9.78. The number of rotatable bonds is 4. The average Bonchev–Trinajstić information content (AvgIpc) is 2.46. The van der Waals surface area contributed by atoms with Crippen LogP contribution in [0.15, 0.2) is 48.5 Å². The van der Waals surface area contributed by atoms with E-state index in [9.17, 15) is 0 Å². The van der Waals surface area contributed by atoms with Crippen molar-refractivity contribution >= 4 is 0 Å². The quantitative estimate of drug-likeness (QED) is 0.812. The van der Waals surface area contributed by atoms with Crippen molar-refractivity contribution in [1.82, 2.24) is 0 Å². The summed E-state index contributed by atoms with van der Waals surface area (Å²) in [6.45, 7) is 2.55. The van der Waals surface area contributed by atoms with Gasteiger partial charge in [0.15, 0.2) is 0 Å². The summed E-state index contributed by atoms with van der Waals surface area (Å²) in [7, 11) is 0. The van der Waals surface area contributed by atoms with Crippen LogP contribution in [-0.4, -0.2) is 0 Å². The third kappa shape index (κ3) is 2.89. The van der Waals surface area contributed by atoms with Crippen LogP contribution < -0.4 is 4.74 Å². The van der Waals surface area contributed by atoms with Crippen molar-refractivity contribution in [2.24, 2.45) is 0 Å². The summed E-state index contributed by atoms with van der Waals surface area (Å²) in [5.41, 5.74) is 2.88. The lowest BCUT2D eigenvalue weighted by atomic mass is 10.1. The first-order valence-corrected chi connectivity index (χ1v) is 6.03. The van der Waals surface area contributed by atoms with Crippen molar-refractivity contribution in [3.05, 3.63) is 65.2 Å². The molecule has 0 radical (unpaired) electrons. The number of ether oxygens (including phenoxy) is 1. The molecule has 0 saturated carbocycles. The Morgan fingerprint density at radius 2 is 1.78 bits per heavy atom. The molecule has 0 saturated heterocycles. The minimum absolute atomic E-state index is 0.426. The minimum Gasteiger partial charge on any atom is -0.489 e. The predicted molar refractivity (Wildman–Crippen MR) is 71.3 cm³/mol. The molecule has 2 aromatic rings. The van der Waals surface area contributed by atoms with Crippen LogP contribution >= 0.6 is 0 Å². The van der Waals surface area contributed by atoms with Crippen LogP contribution in [0.3, 0.4) is 0 Å². The highest BCUT2D eigenvalue weighted by Gasteiger charge is 2.01. The number of benzene rings is 2. The smallest absolute Gasteiger partial charge is 0.119 e. The zero-order valence-corrected chi connectivity index (χ0v) is 10.4. The molecule has 18 heavy (non-hydrogen) atoms. The number of nitrogens with zero attached hydrogens (tertiary/aromatic N) is 1. The summed E-state index contributed by atoms with van der Waals surface area (Å²) in [6.07, 6.45) is 1.03. The van der Waals surface area contributed by atoms with Gasteiger partial charge >= 0.3 is 0 Å². The molecule has 2 heteroatoms. The van der Waals surface area contributed by atoms with Gasteiger partial charge in [-0.2, -0.15) is 5.26 Å². The fourth-order valence-electron chi connectivity index (χ4n) is 1.74. The Hall–Kier alpha value is -2.27. The summed E-state index contributed by atoms with van der Waals surface area (Å²) in [5, 5.41) is 8.98. The van der Waals surface area contributed by atoms with E-state index in [1.54, 1.807) is 6.07 Å². The van der Waals surface area contributed by atoms with Gasteiger partial charge in [0.2, 0.25) is 0 Å². The van der Waals surface area contributed by atoms with Gasteiger partial charge in [-0.05, 0) is 30.2 Å². The van der Waals surface area contributed by atoms with Gasteiger partial charge in [0.25, 0.3) is 0 Å². The summed E-state index contributed by atoms with van der Waals surface area (Å²) >= 11 is 0. The van der Waals surface area contributed by atoms with E-state index in [0.717, 1.165) is 17.7 Å². The first-order chi connectivity index (χ1) is 8.83. The lowest BCUT2D eigenvalue weighted by molar-refractivity contribution is 0.306. The van der Waals surface area contributed by atoms with E-state index in [1.807, 2.05) is 30.3 Å². The fourth-order valence-corrected chi connectivity index (χ4v) is 1.74. The largest absolute Gasteiger partial charge is 0.489 e. The molecule has 0 heterocycles. The highest BCUT2D eigenvalue weighted by molar-refractivity contribution is 5.37. The SMILES string of the molecule is CCc1ccc(OCc2ccccc2C#N)cc1. The molecule has 2 rings (SSSR count). The second-order valence-corrected chi connectivity index (χ2v) is 4.06. The monoisotopic (exact) mass is 237 g/mol. The van der Waals surface area contributed by atoms with Gasteiger partial charge in [0, 0.05) is 5.56 Å². The van der Waals surface area contributed by atoms with Crippen LogP contribution in [0, 0.1) is 11.3 Å². The van der Waals surface area contributed by atoms with Gasteiger partial charge in [-0.3, -0.25) is 0 Å². The van der Waals surface area contributed by atoms with E-state index in [-0.39, 0.29) is 0 Å². The van der Waals surface area contributed by atoms with Gasteiger partial charge < -0.3 is 4.74 Å². The number of aryl methyl sites for hydroxylation is 1. The molecule has 0 spiro atoms. The van der Waals surface area contributed by atoms with Gasteiger partial charge in [-0.1, -0.05) is 37.3 Å². The van der Waals surface area contributed by atoms with Crippen LogP contribution in [0.4, 0.5) is 0 Å². The second-order valence-electron chi connectivity index (χ2n) is 4.06. The second kappa shape index (κ2) is 5.88. The lowest BCUT2D eigenvalue weighted by Gasteiger charge is -2.08. The molecule has 0 atom stereocenters. The molecule has 0 aliphatic rings. The van der Waals surface area contributed by atoms with Crippen molar-refractivity contribution in [2.75, 3.05) is 0 Å². The van der Waals surface area contributed by atoms with Crippen molar-refractivity contribution in [3.8, 4) is 11.8 Å². The fraction of sp³-hybridized carbons (Fsp3) is 0.188. The topological polar surface area (TPSA) is 33.0 Å². The van der Waals surface area contributed by atoms with Crippen molar-refractivity contribution in [1.29, 1.82) is 5.26 Å². The van der Waals surface area contributed by atoms with Gasteiger partial charge in [-0.15, -0.1) is 0 Å². The first-order valence-electron chi connectivity index (χ1n) is 6.03. The third-order valence-corrected chi connectivity index (χ3v) is 2.86. The third-order valence-electron chi connectivity index (χ3n) is 2.86. The molecule has 90 valence electrons.